The zero-order valence-corrected chi connectivity index (χ0v) is 12.2. The Kier molecular flexibility index (Phi) is 3.49. The second kappa shape index (κ2) is 4.77. The molecule has 2 nitrogen and oxygen atoms in total. The van der Waals surface area contributed by atoms with Crippen molar-refractivity contribution in [1.29, 1.82) is 0 Å². The van der Waals surface area contributed by atoms with E-state index in [0.717, 1.165) is 13.0 Å². The molecule has 0 spiro atoms. The van der Waals surface area contributed by atoms with Crippen molar-refractivity contribution in [3.8, 4) is 0 Å². The molecule has 0 saturated carbocycles. The van der Waals surface area contributed by atoms with Crippen LogP contribution >= 0.6 is 0 Å². The minimum absolute atomic E-state index is 0.114. The molecular formula is C16H24N2. The van der Waals surface area contributed by atoms with Crippen LogP contribution in [0.5, 0.6) is 0 Å². The second-order valence-corrected chi connectivity index (χ2v) is 6.51. The van der Waals surface area contributed by atoms with Crippen LogP contribution in [0.15, 0.2) is 23.8 Å². The Labute approximate surface area is 111 Å². The molecule has 0 saturated heterocycles. The first-order chi connectivity index (χ1) is 8.33. The van der Waals surface area contributed by atoms with Gasteiger partial charge in [0, 0.05) is 17.8 Å². The maximum absolute atomic E-state index is 3.53. The molecule has 0 bridgehead atoms. The van der Waals surface area contributed by atoms with E-state index in [1.807, 2.05) is 0 Å². The fourth-order valence-electron chi connectivity index (χ4n) is 2.42. The van der Waals surface area contributed by atoms with Gasteiger partial charge in [0.05, 0.1) is 0 Å². The Morgan fingerprint density at radius 1 is 1.22 bits per heavy atom. The van der Waals surface area contributed by atoms with E-state index in [0.29, 0.717) is 0 Å². The lowest BCUT2D eigenvalue weighted by Crippen LogP contribution is -2.25. The van der Waals surface area contributed by atoms with Crippen molar-refractivity contribution in [2.75, 3.05) is 26.0 Å². The largest absolute Gasteiger partial charge is 0.380 e. The fraction of sp³-hybridized carbons (Fsp3) is 0.500. The molecule has 0 amide bonds. The third-order valence-electron chi connectivity index (χ3n) is 2.96. The Bertz CT molecular complexity index is 464. The van der Waals surface area contributed by atoms with Gasteiger partial charge in [0.1, 0.15) is 0 Å². The highest BCUT2D eigenvalue weighted by molar-refractivity contribution is 5.68. The number of likely N-dealkylation sites (N-methyl/N-ethyl adjacent to an activating group) is 1. The summed E-state index contributed by atoms with van der Waals surface area (Å²) in [5, 5.41) is 3.53. The Balaban J connectivity index is 2.16. The van der Waals surface area contributed by atoms with Crippen LogP contribution < -0.4 is 5.32 Å². The van der Waals surface area contributed by atoms with Crippen LogP contribution in [0, 0.1) is 0 Å². The van der Waals surface area contributed by atoms with Crippen molar-refractivity contribution in [2.45, 2.75) is 32.7 Å². The van der Waals surface area contributed by atoms with Crippen molar-refractivity contribution in [1.82, 2.24) is 4.90 Å². The highest BCUT2D eigenvalue weighted by Gasteiger charge is 2.15. The monoisotopic (exact) mass is 244 g/mol. The summed E-state index contributed by atoms with van der Waals surface area (Å²) in [6.07, 6.45) is 3.44. The van der Waals surface area contributed by atoms with E-state index in [2.05, 4.69) is 69.4 Å². The zero-order chi connectivity index (χ0) is 13.3. The normalized spacial score (nSPS) is 14.7. The molecule has 0 radical (unpaired) electrons. The fourth-order valence-corrected chi connectivity index (χ4v) is 2.42. The third-order valence-corrected chi connectivity index (χ3v) is 2.96. The van der Waals surface area contributed by atoms with E-state index in [4.69, 9.17) is 0 Å². The summed E-state index contributed by atoms with van der Waals surface area (Å²) in [6.45, 7) is 7.62. The summed E-state index contributed by atoms with van der Waals surface area (Å²) < 4.78 is 0. The van der Waals surface area contributed by atoms with Crippen LogP contribution in [0.25, 0.3) is 6.08 Å². The lowest BCUT2D eigenvalue weighted by molar-refractivity contribution is 0.444. The van der Waals surface area contributed by atoms with Gasteiger partial charge in [-0.25, -0.2) is 0 Å². The summed E-state index contributed by atoms with van der Waals surface area (Å²) in [5.74, 6) is 0. The molecule has 0 atom stereocenters. The number of hydrogen-bond donors (Lipinski definition) is 1. The second-order valence-electron chi connectivity index (χ2n) is 6.51. The third kappa shape index (κ3) is 3.36. The van der Waals surface area contributed by atoms with Crippen molar-refractivity contribution in [3.05, 3.63) is 34.9 Å². The van der Waals surface area contributed by atoms with Crippen LogP contribution in [-0.4, -0.2) is 31.1 Å². The molecule has 1 aromatic carbocycles. The Morgan fingerprint density at radius 3 is 2.56 bits per heavy atom. The van der Waals surface area contributed by atoms with Gasteiger partial charge in [-0.1, -0.05) is 17.7 Å². The van der Waals surface area contributed by atoms with Gasteiger partial charge < -0.3 is 10.2 Å². The van der Waals surface area contributed by atoms with Crippen LogP contribution in [0.2, 0.25) is 0 Å². The van der Waals surface area contributed by atoms with E-state index in [1.165, 1.54) is 22.4 Å². The van der Waals surface area contributed by atoms with E-state index in [1.54, 1.807) is 0 Å². The molecule has 1 aromatic rings. The van der Waals surface area contributed by atoms with Crippen LogP contribution in [-0.2, 0) is 6.42 Å². The van der Waals surface area contributed by atoms with Crippen LogP contribution in [0.4, 0.5) is 5.69 Å². The van der Waals surface area contributed by atoms with E-state index in [-0.39, 0.29) is 5.54 Å². The molecule has 0 fully saturated rings. The van der Waals surface area contributed by atoms with Gasteiger partial charge in [-0.3, -0.25) is 0 Å². The van der Waals surface area contributed by atoms with Crippen molar-refractivity contribution in [3.63, 3.8) is 0 Å². The summed E-state index contributed by atoms with van der Waals surface area (Å²) in [5.41, 5.74) is 5.65. The van der Waals surface area contributed by atoms with Gasteiger partial charge >= 0.3 is 0 Å². The number of fused-ring (bicyclic) bond motifs is 1. The lowest BCUT2D eigenvalue weighted by atomic mass is 10.1. The first-order valence-electron chi connectivity index (χ1n) is 6.59. The molecule has 0 unspecified atom stereocenters. The average Bonchev–Trinajstić information content (AvgIpc) is 2.55. The topological polar surface area (TPSA) is 15.3 Å². The molecule has 1 aliphatic carbocycles. The highest BCUT2D eigenvalue weighted by Crippen LogP contribution is 2.28. The van der Waals surface area contributed by atoms with Crippen molar-refractivity contribution < 1.29 is 0 Å². The van der Waals surface area contributed by atoms with Crippen LogP contribution in [0.3, 0.4) is 0 Å². The predicted octanol–water partition coefficient (Wildman–Crippen LogP) is 3.40. The van der Waals surface area contributed by atoms with Crippen molar-refractivity contribution >= 4 is 11.8 Å². The summed E-state index contributed by atoms with van der Waals surface area (Å²) in [6, 6.07) is 6.71. The number of benzene rings is 1. The van der Waals surface area contributed by atoms with Gasteiger partial charge in [-0.2, -0.15) is 0 Å². The molecule has 98 valence electrons. The molecule has 1 N–H and O–H groups in total. The first kappa shape index (κ1) is 13.2. The van der Waals surface area contributed by atoms with Gasteiger partial charge in [0.25, 0.3) is 0 Å². The zero-order valence-electron chi connectivity index (χ0n) is 12.2. The minimum atomic E-state index is 0.114. The van der Waals surface area contributed by atoms with E-state index < -0.39 is 0 Å². The first-order valence-corrected chi connectivity index (χ1v) is 6.59. The quantitative estimate of drug-likeness (QED) is 0.876. The Morgan fingerprint density at radius 2 is 1.94 bits per heavy atom. The Hall–Kier alpha value is -1.28. The molecular weight excluding hydrogens is 220 g/mol. The number of nitrogens with zero attached hydrogens (tertiary/aromatic N) is 1. The minimum Gasteiger partial charge on any atom is -0.380 e. The summed E-state index contributed by atoms with van der Waals surface area (Å²) in [7, 11) is 4.24. The van der Waals surface area contributed by atoms with Crippen LogP contribution in [0.1, 0.15) is 31.9 Å². The van der Waals surface area contributed by atoms with Gasteiger partial charge in [-0.15, -0.1) is 0 Å². The smallest absolute Gasteiger partial charge is 0.0350 e. The number of anilines is 1. The predicted molar refractivity (Wildman–Crippen MR) is 80.1 cm³/mol. The molecule has 2 heteroatoms. The van der Waals surface area contributed by atoms with Crippen molar-refractivity contribution in [2.24, 2.45) is 0 Å². The van der Waals surface area contributed by atoms with E-state index in [9.17, 15) is 0 Å². The number of rotatable bonds is 3. The molecule has 2 rings (SSSR count). The number of hydrogen-bond acceptors (Lipinski definition) is 2. The summed E-state index contributed by atoms with van der Waals surface area (Å²) in [4.78, 5) is 2.23. The average molecular weight is 244 g/mol. The molecule has 1 aliphatic rings. The SMILES string of the molecule is CN(C)CC1=Cc2cc(NC(C)(C)C)ccc2C1. The van der Waals surface area contributed by atoms with Gasteiger partial charge in [-0.05, 0) is 64.5 Å². The molecule has 0 aromatic heterocycles. The van der Waals surface area contributed by atoms with Gasteiger partial charge in [0.2, 0.25) is 0 Å². The molecule has 18 heavy (non-hydrogen) atoms. The standard InChI is InChI=1S/C16H24N2/c1-16(2,3)17-15-7-6-13-8-12(11-18(4)5)9-14(13)10-15/h6-7,9-10,17H,8,11H2,1-5H3. The number of nitrogens with one attached hydrogen (secondary N) is 1. The highest BCUT2D eigenvalue weighted by atomic mass is 15.0. The molecule has 0 aliphatic heterocycles. The molecule has 0 heterocycles. The van der Waals surface area contributed by atoms with Gasteiger partial charge in [0.15, 0.2) is 0 Å². The summed E-state index contributed by atoms with van der Waals surface area (Å²) >= 11 is 0. The van der Waals surface area contributed by atoms with E-state index >= 15 is 0 Å². The lowest BCUT2D eigenvalue weighted by Gasteiger charge is -2.22. The maximum atomic E-state index is 3.53. The maximum Gasteiger partial charge on any atom is 0.0350 e.